The Kier molecular flexibility index (Phi) is 67.2. The van der Waals surface area contributed by atoms with Crippen LogP contribution < -0.4 is 0 Å². The molecule has 0 bridgehead atoms. The molecule has 0 radical (unpaired) electrons. The van der Waals surface area contributed by atoms with E-state index in [-0.39, 0.29) is 31.6 Å². The van der Waals surface area contributed by atoms with Crippen LogP contribution in [-0.4, -0.2) is 37.2 Å². The van der Waals surface area contributed by atoms with Gasteiger partial charge in [0, 0.05) is 12.8 Å². The van der Waals surface area contributed by atoms with Gasteiger partial charge in [-0.25, -0.2) is 0 Å². The Morgan fingerprint density at radius 1 is 0.265 bits per heavy atom. The highest BCUT2D eigenvalue weighted by Crippen LogP contribution is 2.17. The number of carbonyl (C=O) groups excluding carboxylic acids is 3. The minimum absolute atomic E-state index is 0.110. The van der Waals surface area contributed by atoms with Crippen LogP contribution in [0.15, 0.2) is 109 Å². The van der Waals surface area contributed by atoms with E-state index < -0.39 is 12.1 Å². The second-order valence-electron chi connectivity index (χ2n) is 23.4. The fraction of sp³-hybridized carbons (Fsp3) is 0.727. The van der Waals surface area contributed by atoms with E-state index in [0.29, 0.717) is 12.8 Å². The van der Waals surface area contributed by atoms with Gasteiger partial charge in [-0.15, -0.1) is 0 Å². The van der Waals surface area contributed by atoms with E-state index in [2.05, 4.69) is 118 Å². The van der Waals surface area contributed by atoms with Crippen LogP contribution in [0.4, 0.5) is 0 Å². The molecular formula is C77H132O6. The Morgan fingerprint density at radius 2 is 0.518 bits per heavy atom. The lowest BCUT2D eigenvalue weighted by molar-refractivity contribution is -0.166. The van der Waals surface area contributed by atoms with Crippen molar-refractivity contribution in [3.8, 4) is 0 Å². The SMILES string of the molecule is CC/C=C\C/C=C\C/C=C\C/C=C\C/C=C\CC(=O)OCC(COC(=O)CCCCCCCCCCCCCCCCC/C=C\CCCCCCCCCC)OC(=O)CCCCCCCCCC/C=C\C/C=C\C/C=C\CCCCCCC. The normalized spacial score (nSPS) is 12.8. The molecule has 0 rings (SSSR count). The average molecular weight is 1150 g/mol. The zero-order valence-electron chi connectivity index (χ0n) is 54.7. The summed E-state index contributed by atoms with van der Waals surface area (Å²) in [6.45, 7) is 6.46. The van der Waals surface area contributed by atoms with Gasteiger partial charge >= 0.3 is 17.9 Å². The van der Waals surface area contributed by atoms with Crippen LogP contribution in [-0.2, 0) is 28.6 Å². The second-order valence-corrected chi connectivity index (χ2v) is 23.4. The van der Waals surface area contributed by atoms with Crippen LogP contribution in [0.1, 0.15) is 342 Å². The van der Waals surface area contributed by atoms with Gasteiger partial charge in [-0.05, 0) is 109 Å². The van der Waals surface area contributed by atoms with Gasteiger partial charge in [-0.3, -0.25) is 14.4 Å². The molecule has 6 nitrogen and oxygen atoms in total. The van der Waals surface area contributed by atoms with E-state index in [1.807, 2.05) is 6.08 Å². The van der Waals surface area contributed by atoms with Gasteiger partial charge < -0.3 is 14.2 Å². The molecule has 1 unspecified atom stereocenters. The smallest absolute Gasteiger partial charge is 0.309 e. The van der Waals surface area contributed by atoms with Crippen molar-refractivity contribution in [1.29, 1.82) is 0 Å². The molecule has 1 atom stereocenters. The molecule has 0 fully saturated rings. The van der Waals surface area contributed by atoms with Crippen molar-refractivity contribution >= 4 is 17.9 Å². The summed E-state index contributed by atoms with van der Waals surface area (Å²) in [6, 6.07) is 0. The summed E-state index contributed by atoms with van der Waals surface area (Å²) in [5.41, 5.74) is 0. The zero-order chi connectivity index (χ0) is 59.9. The fourth-order valence-electron chi connectivity index (χ4n) is 9.99. The molecule has 0 amide bonds. The van der Waals surface area contributed by atoms with E-state index in [1.54, 1.807) is 6.08 Å². The summed E-state index contributed by atoms with van der Waals surface area (Å²) in [5.74, 6) is -1.04. The second kappa shape index (κ2) is 70.6. The first-order chi connectivity index (χ1) is 41.0. The molecule has 0 aromatic carbocycles. The quantitative estimate of drug-likeness (QED) is 0.0261. The third kappa shape index (κ3) is 68.7. The predicted molar refractivity (Wildman–Crippen MR) is 362 cm³/mol. The molecule has 0 saturated heterocycles. The first-order valence-electron chi connectivity index (χ1n) is 35.4. The van der Waals surface area contributed by atoms with Crippen molar-refractivity contribution in [1.82, 2.24) is 0 Å². The summed E-state index contributed by atoms with van der Waals surface area (Å²) < 4.78 is 16.9. The summed E-state index contributed by atoms with van der Waals surface area (Å²) in [6.07, 6.45) is 97.2. The van der Waals surface area contributed by atoms with Crippen molar-refractivity contribution in [2.75, 3.05) is 13.2 Å². The van der Waals surface area contributed by atoms with E-state index in [9.17, 15) is 14.4 Å². The molecule has 0 saturated carbocycles. The molecule has 6 heteroatoms. The van der Waals surface area contributed by atoms with Crippen LogP contribution >= 0.6 is 0 Å². The third-order valence-corrected chi connectivity index (χ3v) is 15.3. The molecule has 0 aliphatic heterocycles. The minimum Gasteiger partial charge on any atom is -0.462 e. The van der Waals surface area contributed by atoms with E-state index >= 15 is 0 Å². The van der Waals surface area contributed by atoms with Crippen LogP contribution in [0.25, 0.3) is 0 Å². The maximum Gasteiger partial charge on any atom is 0.309 e. The molecule has 83 heavy (non-hydrogen) atoms. The first-order valence-corrected chi connectivity index (χ1v) is 35.4. The van der Waals surface area contributed by atoms with E-state index in [4.69, 9.17) is 14.2 Å². The standard InChI is InChI=1S/C77H132O6/c1-4-7-10-13-16-19-22-25-28-30-32-34-36-37-38-39-41-42-44-46-49-52-55-58-61-64-67-70-76(79)82-73-74(72-81-75(78)69-66-63-60-57-54-51-48-27-24-21-18-15-12-9-6-3)83-77(80)71-68-65-62-59-56-53-50-47-45-43-40-35-33-31-29-26-23-20-17-14-11-8-5-2/h9,12,18,21,23,26-27,30-33,40,43,48,54,57,63,66,74H,4-8,10-11,13-17,19-20,22,24-25,28-29,34-39,41-42,44-47,49-53,55-56,58-62,64-65,67-73H2,1-3H3/b12-9-,21-18-,26-23-,32-30-,33-31-,43-40-,48-27-,57-54-,66-63-. The number of hydrogen-bond donors (Lipinski definition) is 0. The van der Waals surface area contributed by atoms with Crippen molar-refractivity contribution in [3.63, 3.8) is 0 Å². The minimum atomic E-state index is -0.825. The highest BCUT2D eigenvalue weighted by Gasteiger charge is 2.19. The highest BCUT2D eigenvalue weighted by atomic mass is 16.6. The van der Waals surface area contributed by atoms with Crippen molar-refractivity contribution in [2.45, 2.75) is 348 Å². The van der Waals surface area contributed by atoms with Crippen LogP contribution in [0.3, 0.4) is 0 Å². The maximum absolute atomic E-state index is 12.9. The van der Waals surface area contributed by atoms with Gasteiger partial charge in [0.2, 0.25) is 0 Å². The number of unbranched alkanes of at least 4 members (excludes halogenated alkanes) is 36. The molecule has 0 aliphatic carbocycles. The lowest BCUT2D eigenvalue weighted by Gasteiger charge is -2.18. The number of ether oxygens (including phenoxy) is 3. The number of esters is 3. The van der Waals surface area contributed by atoms with E-state index in [1.165, 1.54) is 212 Å². The van der Waals surface area contributed by atoms with Gasteiger partial charge in [-0.2, -0.15) is 0 Å². The molecule has 0 spiro atoms. The number of hydrogen-bond acceptors (Lipinski definition) is 6. The highest BCUT2D eigenvalue weighted by molar-refractivity contribution is 5.72. The predicted octanol–water partition coefficient (Wildman–Crippen LogP) is 24.6. The summed E-state index contributed by atoms with van der Waals surface area (Å²) >= 11 is 0. The van der Waals surface area contributed by atoms with Gasteiger partial charge in [-0.1, -0.05) is 323 Å². The molecule has 0 aromatic rings. The van der Waals surface area contributed by atoms with Crippen molar-refractivity contribution in [2.24, 2.45) is 0 Å². The Bertz CT molecular complexity index is 1660. The monoisotopic (exact) mass is 1150 g/mol. The molecule has 0 N–H and O–H groups in total. The lowest BCUT2D eigenvalue weighted by Crippen LogP contribution is -2.30. The van der Waals surface area contributed by atoms with Crippen molar-refractivity contribution in [3.05, 3.63) is 109 Å². The van der Waals surface area contributed by atoms with E-state index in [0.717, 1.165) is 89.9 Å². The lowest BCUT2D eigenvalue weighted by atomic mass is 10.0. The van der Waals surface area contributed by atoms with Gasteiger partial charge in [0.05, 0.1) is 6.42 Å². The molecule has 476 valence electrons. The fourth-order valence-corrected chi connectivity index (χ4v) is 9.99. The molecule has 0 heterocycles. The third-order valence-electron chi connectivity index (χ3n) is 15.3. The Hall–Kier alpha value is -3.93. The zero-order valence-corrected chi connectivity index (χ0v) is 54.7. The number of carbonyl (C=O) groups is 3. The number of rotatable bonds is 64. The first kappa shape index (κ1) is 79.1. The molecule has 0 aliphatic rings. The van der Waals surface area contributed by atoms with Gasteiger partial charge in [0.15, 0.2) is 6.10 Å². The molecule has 0 aromatic heterocycles. The summed E-state index contributed by atoms with van der Waals surface area (Å²) in [5, 5.41) is 0. The van der Waals surface area contributed by atoms with Crippen molar-refractivity contribution < 1.29 is 28.6 Å². The maximum atomic E-state index is 12.9. The van der Waals surface area contributed by atoms with Gasteiger partial charge in [0.25, 0.3) is 0 Å². The largest absolute Gasteiger partial charge is 0.462 e. The molecular weight excluding hydrogens is 1020 g/mol. The Morgan fingerprint density at radius 3 is 0.855 bits per heavy atom. The number of allylic oxidation sites excluding steroid dienone is 17. The van der Waals surface area contributed by atoms with Gasteiger partial charge in [0.1, 0.15) is 13.2 Å². The van der Waals surface area contributed by atoms with Crippen LogP contribution in [0.2, 0.25) is 0 Å². The Balaban J connectivity index is 4.37. The van der Waals surface area contributed by atoms with Crippen LogP contribution in [0.5, 0.6) is 0 Å². The summed E-state index contributed by atoms with van der Waals surface area (Å²) in [7, 11) is 0. The average Bonchev–Trinajstić information content (AvgIpc) is 3.49. The summed E-state index contributed by atoms with van der Waals surface area (Å²) in [4.78, 5) is 38.4. The topological polar surface area (TPSA) is 78.9 Å². The Labute approximate surface area is 514 Å². The van der Waals surface area contributed by atoms with Crippen LogP contribution in [0, 0.1) is 0 Å².